The lowest BCUT2D eigenvalue weighted by molar-refractivity contribution is -0.131. The first kappa shape index (κ1) is 15.4. The molecule has 2 rings (SSSR count). The highest BCUT2D eigenvalue weighted by Crippen LogP contribution is 2.22. The summed E-state index contributed by atoms with van der Waals surface area (Å²) in [5.41, 5.74) is 1.26. The van der Waals surface area contributed by atoms with Crippen LogP contribution in [0.3, 0.4) is 0 Å². The Morgan fingerprint density at radius 1 is 1.33 bits per heavy atom. The van der Waals surface area contributed by atoms with E-state index in [1.54, 1.807) is 12.1 Å². The molecule has 0 radical (unpaired) electrons. The van der Waals surface area contributed by atoms with Crippen molar-refractivity contribution in [2.24, 2.45) is 0 Å². The fourth-order valence-corrected chi connectivity index (χ4v) is 2.84. The van der Waals surface area contributed by atoms with Gasteiger partial charge in [-0.1, -0.05) is 6.92 Å². The van der Waals surface area contributed by atoms with Crippen molar-refractivity contribution in [1.82, 2.24) is 4.90 Å². The second-order valence-corrected chi connectivity index (χ2v) is 5.47. The highest BCUT2D eigenvalue weighted by Gasteiger charge is 2.28. The van der Waals surface area contributed by atoms with E-state index in [1.807, 2.05) is 31.0 Å². The molecule has 1 amide bonds. The van der Waals surface area contributed by atoms with Crippen LogP contribution in [0, 0.1) is 0 Å². The van der Waals surface area contributed by atoms with Crippen LogP contribution in [0.25, 0.3) is 0 Å². The minimum atomic E-state index is -0.917. The Morgan fingerprint density at radius 2 is 2.00 bits per heavy atom. The van der Waals surface area contributed by atoms with Crippen LogP contribution in [0.15, 0.2) is 24.3 Å². The van der Waals surface area contributed by atoms with Crippen LogP contribution in [-0.2, 0) is 4.79 Å². The summed E-state index contributed by atoms with van der Waals surface area (Å²) in [5.74, 6) is -0.702. The van der Waals surface area contributed by atoms with E-state index in [4.69, 9.17) is 5.11 Å². The zero-order valence-electron chi connectivity index (χ0n) is 12.6. The summed E-state index contributed by atoms with van der Waals surface area (Å²) in [7, 11) is 1.97. The molecule has 5 heteroatoms. The van der Waals surface area contributed by atoms with Gasteiger partial charge in [0.2, 0.25) is 5.91 Å². The van der Waals surface area contributed by atoms with Gasteiger partial charge in [0.25, 0.3) is 0 Å². The monoisotopic (exact) mass is 290 g/mol. The number of amides is 1. The number of hydrogen-bond acceptors (Lipinski definition) is 3. The number of rotatable bonds is 5. The normalized spacial score (nSPS) is 17.8. The maximum absolute atomic E-state index is 11.9. The summed E-state index contributed by atoms with van der Waals surface area (Å²) in [5, 5.41) is 8.91. The third-order valence-corrected chi connectivity index (χ3v) is 4.04. The highest BCUT2D eigenvalue weighted by molar-refractivity contribution is 5.88. The SMILES string of the molecule is CCC(=O)N1CCC[C@H]1CN(C)c1ccc(C(=O)O)cc1. The topological polar surface area (TPSA) is 60.9 Å². The Balaban J connectivity index is 2.01. The van der Waals surface area contributed by atoms with Gasteiger partial charge in [0, 0.05) is 38.3 Å². The smallest absolute Gasteiger partial charge is 0.335 e. The van der Waals surface area contributed by atoms with E-state index in [-0.39, 0.29) is 17.5 Å². The Morgan fingerprint density at radius 3 is 2.57 bits per heavy atom. The van der Waals surface area contributed by atoms with Gasteiger partial charge < -0.3 is 14.9 Å². The molecule has 1 aliphatic rings. The predicted octanol–water partition coefficient (Wildman–Crippen LogP) is 2.22. The van der Waals surface area contributed by atoms with Crippen LogP contribution in [-0.4, -0.2) is 48.1 Å². The molecule has 0 spiro atoms. The van der Waals surface area contributed by atoms with E-state index in [0.717, 1.165) is 31.6 Å². The van der Waals surface area contributed by atoms with E-state index in [0.29, 0.717) is 6.42 Å². The van der Waals surface area contributed by atoms with Crippen molar-refractivity contribution < 1.29 is 14.7 Å². The molecule has 114 valence electrons. The summed E-state index contributed by atoms with van der Waals surface area (Å²) in [4.78, 5) is 26.8. The molecule has 0 bridgehead atoms. The number of nitrogens with zero attached hydrogens (tertiary/aromatic N) is 2. The standard InChI is InChI=1S/C16H22N2O3/c1-3-15(19)18-10-4-5-14(18)11-17(2)13-8-6-12(7-9-13)16(20)21/h6-9,14H,3-5,10-11H2,1-2H3,(H,20,21)/t14-/m0/s1. The number of carboxylic acids is 1. The van der Waals surface area contributed by atoms with Crippen molar-refractivity contribution in [3.05, 3.63) is 29.8 Å². The number of carbonyl (C=O) groups excluding carboxylic acids is 1. The van der Waals surface area contributed by atoms with Crippen molar-refractivity contribution >= 4 is 17.6 Å². The molecular weight excluding hydrogens is 268 g/mol. The molecule has 1 heterocycles. The van der Waals surface area contributed by atoms with E-state index >= 15 is 0 Å². The quantitative estimate of drug-likeness (QED) is 0.903. The van der Waals surface area contributed by atoms with Crippen LogP contribution >= 0.6 is 0 Å². The molecule has 1 aromatic rings. The zero-order valence-corrected chi connectivity index (χ0v) is 12.6. The summed E-state index contributed by atoms with van der Waals surface area (Å²) in [6.07, 6.45) is 2.64. The summed E-state index contributed by atoms with van der Waals surface area (Å²) < 4.78 is 0. The average molecular weight is 290 g/mol. The van der Waals surface area contributed by atoms with Gasteiger partial charge in [0.1, 0.15) is 0 Å². The van der Waals surface area contributed by atoms with Crippen molar-refractivity contribution in [3.63, 3.8) is 0 Å². The van der Waals surface area contributed by atoms with Crippen molar-refractivity contribution in [2.75, 3.05) is 25.0 Å². The second kappa shape index (κ2) is 6.61. The predicted molar refractivity (Wildman–Crippen MR) is 81.7 cm³/mol. The summed E-state index contributed by atoms with van der Waals surface area (Å²) >= 11 is 0. The zero-order chi connectivity index (χ0) is 15.4. The van der Waals surface area contributed by atoms with Gasteiger partial charge in [-0.25, -0.2) is 4.79 Å². The highest BCUT2D eigenvalue weighted by atomic mass is 16.4. The van der Waals surface area contributed by atoms with Crippen LogP contribution in [0.5, 0.6) is 0 Å². The Bertz CT molecular complexity index is 513. The molecule has 1 aliphatic heterocycles. The number of anilines is 1. The van der Waals surface area contributed by atoms with Crippen LogP contribution < -0.4 is 4.90 Å². The lowest BCUT2D eigenvalue weighted by Gasteiger charge is -2.29. The van der Waals surface area contributed by atoms with Gasteiger partial charge in [-0.15, -0.1) is 0 Å². The molecule has 1 atom stereocenters. The molecule has 1 aromatic carbocycles. The van der Waals surface area contributed by atoms with E-state index in [1.165, 1.54) is 0 Å². The lowest BCUT2D eigenvalue weighted by atomic mass is 10.1. The molecule has 0 unspecified atom stereocenters. The fraction of sp³-hybridized carbons (Fsp3) is 0.500. The Kier molecular flexibility index (Phi) is 4.83. The summed E-state index contributed by atoms with van der Waals surface area (Å²) in [6.45, 7) is 3.52. The van der Waals surface area contributed by atoms with E-state index in [9.17, 15) is 9.59 Å². The van der Waals surface area contributed by atoms with Crippen LogP contribution in [0.2, 0.25) is 0 Å². The fourth-order valence-electron chi connectivity index (χ4n) is 2.84. The van der Waals surface area contributed by atoms with Crippen LogP contribution in [0.1, 0.15) is 36.5 Å². The number of carbonyl (C=O) groups is 2. The maximum atomic E-state index is 11.9. The van der Waals surface area contributed by atoms with Gasteiger partial charge >= 0.3 is 5.97 Å². The van der Waals surface area contributed by atoms with Crippen molar-refractivity contribution in [2.45, 2.75) is 32.2 Å². The second-order valence-electron chi connectivity index (χ2n) is 5.47. The first-order chi connectivity index (χ1) is 10.0. The van der Waals surface area contributed by atoms with Crippen molar-refractivity contribution in [3.8, 4) is 0 Å². The molecule has 0 aromatic heterocycles. The van der Waals surface area contributed by atoms with E-state index < -0.39 is 5.97 Å². The molecule has 5 nitrogen and oxygen atoms in total. The number of carboxylic acid groups (broad SMARTS) is 1. The minimum absolute atomic E-state index is 0.215. The maximum Gasteiger partial charge on any atom is 0.335 e. The van der Waals surface area contributed by atoms with Gasteiger partial charge in [0.05, 0.1) is 5.56 Å². The molecular formula is C16H22N2O3. The number of likely N-dealkylation sites (tertiary alicyclic amines) is 1. The van der Waals surface area contributed by atoms with Gasteiger partial charge in [-0.3, -0.25) is 4.79 Å². The largest absolute Gasteiger partial charge is 0.478 e. The molecule has 0 saturated carbocycles. The van der Waals surface area contributed by atoms with Gasteiger partial charge in [-0.05, 0) is 37.1 Å². The average Bonchev–Trinajstić information content (AvgIpc) is 2.94. The number of benzene rings is 1. The number of aromatic carboxylic acids is 1. The van der Waals surface area contributed by atoms with Crippen LogP contribution in [0.4, 0.5) is 5.69 Å². The van der Waals surface area contributed by atoms with Gasteiger partial charge in [0.15, 0.2) is 0 Å². The van der Waals surface area contributed by atoms with Crippen molar-refractivity contribution in [1.29, 1.82) is 0 Å². The number of hydrogen-bond donors (Lipinski definition) is 1. The number of likely N-dealkylation sites (N-methyl/N-ethyl adjacent to an activating group) is 1. The molecule has 1 N–H and O–H groups in total. The Labute approximate surface area is 125 Å². The third kappa shape index (κ3) is 3.54. The molecule has 1 saturated heterocycles. The van der Waals surface area contributed by atoms with Gasteiger partial charge in [-0.2, -0.15) is 0 Å². The lowest BCUT2D eigenvalue weighted by Crippen LogP contribution is -2.42. The minimum Gasteiger partial charge on any atom is -0.478 e. The summed E-state index contributed by atoms with van der Waals surface area (Å²) in [6, 6.07) is 7.09. The molecule has 0 aliphatic carbocycles. The van der Waals surface area contributed by atoms with E-state index in [2.05, 4.69) is 4.90 Å². The first-order valence-corrected chi connectivity index (χ1v) is 7.37. The Hall–Kier alpha value is -2.04. The third-order valence-electron chi connectivity index (χ3n) is 4.04. The first-order valence-electron chi connectivity index (χ1n) is 7.37. The molecule has 1 fully saturated rings. The molecule has 21 heavy (non-hydrogen) atoms.